The summed E-state index contributed by atoms with van der Waals surface area (Å²) in [6.07, 6.45) is 1.65. The van der Waals surface area contributed by atoms with Gasteiger partial charge in [-0.05, 0) is 17.7 Å². The molecule has 0 saturated carbocycles. The molecule has 1 aromatic carbocycles. The number of aromatic amines is 1. The van der Waals surface area contributed by atoms with E-state index in [1.807, 2.05) is 26.0 Å². The Bertz CT molecular complexity index is 855. The van der Waals surface area contributed by atoms with Crippen molar-refractivity contribution in [3.05, 3.63) is 52.7 Å². The Morgan fingerprint density at radius 1 is 1.21 bits per heavy atom. The molecule has 2 aromatic rings. The summed E-state index contributed by atoms with van der Waals surface area (Å²) in [7, 11) is 0. The molecule has 0 aliphatic heterocycles. The molecule has 0 unspecified atom stereocenters. The summed E-state index contributed by atoms with van der Waals surface area (Å²) in [5.74, 6) is 0.809. The Labute approximate surface area is 146 Å². The van der Waals surface area contributed by atoms with E-state index < -0.39 is 0 Å². The van der Waals surface area contributed by atoms with E-state index in [2.05, 4.69) is 11.6 Å². The van der Waals surface area contributed by atoms with Crippen molar-refractivity contribution in [2.24, 2.45) is 0 Å². The summed E-state index contributed by atoms with van der Waals surface area (Å²) in [4.78, 5) is 2.67. The van der Waals surface area contributed by atoms with Gasteiger partial charge in [-0.25, -0.2) is 0 Å². The van der Waals surface area contributed by atoms with E-state index in [9.17, 15) is 10.5 Å². The molecule has 0 bridgehead atoms. The molecule has 0 spiro atoms. The second kappa shape index (κ2) is 9.14. The molecule has 0 radical (unpaired) electrons. The van der Waals surface area contributed by atoms with Crippen LogP contribution in [0.4, 0.5) is 5.82 Å². The lowest BCUT2D eigenvalue weighted by atomic mass is 9.97. The number of pyridine rings is 1. The SMILES string of the molecule is C=CCOc1ccc(-c2c(C#N)c(N)[nH]c(=S)c2C#N)cc1.CC. The zero-order chi connectivity index (χ0) is 18.1. The topological polar surface area (TPSA) is 98.6 Å². The van der Waals surface area contributed by atoms with Crippen LogP contribution in [-0.4, -0.2) is 11.6 Å². The second-order valence-electron chi connectivity index (χ2n) is 4.34. The Morgan fingerprint density at radius 3 is 2.29 bits per heavy atom. The Kier molecular flexibility index (Phi) is 7.22. The van der Waals surface area contributed by atoms with Crippen LogP contribution in [0.2, 0.25) is 0 Å². The number of nitrogens with one attached hydrogen (secondary N) is 1. The van der Waals surface area contributed by atoms with Gasteiger partial charge in [0, 0.05) is 5.56 Å². The van der Waals surface area contributed by atoms with Crippen LogP contribution in [0.15, 0.2) is 36.9 Å². The van der Waals surface area contributed by atoms with Gasteiger partial charge in [-0.15, -0.1) is 0 Å². The molecule has 24 heavy (non-hydrogen) atoms. The van der Waals surface area contributed by atoms with Gasteiger partial charge in [0.25, 0.3) is 0 Å². The fourth-order valence-electron chi connectivity index (χ4n) is 2.00. The van der Waals surface area contributed by atoms with Crippen LogP contribution in [-0.2, 0) is 0 Å². The summed E-state index contributed by atoms with van der Waals surface area (Å²) in [5.41, 5.74) is 7.33. The van der Waals surface area contributed by atoms with Gasteiger partial charge in [-0.2, -0.15) is 10.5 Å². The first kappa shape index (κ1) is 19.0. The second-order valence-corrected chi connectivity index (χ2v) is 4.75. The lowest BCUT2D eigenvalue weighted by Gasteiger charge is -2.10. The van der Waals surface area contributed by atoms with Gasteiger partial charge in [0.1, 0.15) is 40.5 Å². The number of nitriles is 2. The van der Waals surface area contributed by atoms with E-state index in [0.29, 0.717) is 23.5 Å². The lowest BCUT2D eigenvalue weighted by molar-refractivity contribution is 0.363. The molecule has 0 fully saturated rings. The van der Waals surface area contributed by atoms with Crippen LogP contribution >= 0.6 is 12.2 Å². The molecule has 6 heteroatoms. The van der Waals surface area contributed by atoms with Crippen molar-refractivity contribution < 1.29 is 4.74 Å². The number of nitrogens with zero attached hydrogens (tertiary/aromatic N) is 2. The zero-order valence-corrected chi connectivity index (χ0v) is 14.4. The number of aromatic nitrogens is 1. The van der Waals surface area contributed by atoms with Crippen molar-refractivity contribution in [3.8, 4) is 29.0 Å². The highest BCUT2D eigenvalue weighted by Crippen LogP contribution is 2.31. The Hall–Kier alpha value is -3.09. The number of H-pyrrole nitrogens is 1. The molecule has 3 N–H and O–H groups in total. The van der Waals surface area contributed by atoms with Crippen molar-refractivity contribution in [2.45, 2.75) is 13.8 Å². The van der Waals surface area contributed by atoms with E-state index >= 15 is 0 Å². The van der Waals surface area contributed by atoms with Gasteiger partial charge >= 0.3 is 0 Å². The first-order valence-electron chi connectivity index (χ1n) is 7.32. The smallest absolute Gasteiger partial charge is 0.123 e. The minimum atomic E-state index is 0.147. The highest BCUT2D eigenvalue weighted by molar-refractivity contribution is 7.71. The maximum atomic E-state index is 9.32. The molecule has 1 aromatic heterocycles. The first-order valence-corrected chi connectivity index (χ1v) is 7.73. The maximum Gasteiger partial charge on any atom is 0.123 e. The number of anilines is 1. The van der Waals surface area contributed by atoms with Gasteiger partial charge in [-0.3, -0.25) is 0 Å². The van der Waals surface area contributed by atoms with Crippen LogP contribution < -0.4 is 10.5 Å². The van der Waals surface area contributed by atoms with E-state index in [0.717, 1.165) is 0 Å². The van der Waals surface area contributed by atoms with Crippen LogP contribution in [0.1, 0.15) is 25.0 Å². The van der Waals surface area contributed by atoms with Crippen molar-refractivity contribution in [1.29, 1.82) is 10.5 Å². The Balaban J connectivity index is 0.00000139. The largest absolute Gasteiger partial charge is 0.490 e. The molecule has 0 saturated heterocycles. The zero-order valence-electron chi connectivity index (χ0n) is 13.6. The molecular formula is C18H18N4OS. The number of rotatable bonds is 4. The lowest BCUT2D eigenvalue weighted by Crippen LogP contribution is -2.01. The molecule has 0 aliphatic rings. The predicted octanol–water partition coefficient (Wildman–Crippen LogP) is 4.33. The number of hydrogen-bond donors (Lipinski definition) is 2. The maximum absolute atomic E-state index is 9.32. The molecular weight excluding hydrogens is 320 g/mol. The van der Waals surface area contributed by atoms with Crippen molar-refractivity contribution in [1.82, 2.24) is 4.98 Å². The first-order chi connectivity index (χ1) is 11.6. The third-order valence-electron chi connectivity index (χ3n) is 2.98. The van der Waals surface area contributed by atoms with E-state index in [4.69, 9.17) is 22.7 Å². The van der Waals surface area contributed by atoms with Gasteiger partial charge in [0.15, 0.2) is 0 Å². The normalized spacial score (nSPS) is 9.00. The third kappa shape index (κ3) is 4.01. The molecule has 0 aliphatic carbocycles. The summed E-state index contributed by atoms with van der Waals surface area (Å²) in [5, 5.41) is 18.6. The fourth-order valence-corrected chi connectivity index (χ4v) is 2.26. The van der Waals surface area contributed by atoms with Crippen LogP contribution in [0.5, 0.6) is 5.75 Å². The summed E-state index contributed by atoms with van der Waals surface area (Å²) >= 11 is 5.11. The third-order valence-corrected chi connectivity index (χ3v) is 3.29. The van der Waals surface area contributed by atoms with Crippen LogP contribution in [0.25, 0.3) is 11.1 Å². The van der Waals surface area contributed by atoms with Crippen molar-refractivity contribution in [3.63, 3.8) is 0 Å². The number of hydrogen-bond acceptors (Lipinski definition) is 5. The van der Waals surface area contributed by atoms with E-state index in [-0.39, 0.29) is 21.6 Å². The number of benzene rings is 1. The average Bonchev–Trinajstić information content (AvgIpc) is 2.61. The van der Waals surface area contributed by atoms with Gasteiger partial charge < -0.3 is 15.5 Å². The minimum Gasteiger partial charge on any atom is -0.490 e. The number of nitrogen functional groups attached to an aromatic ring is 1. The Morgan fingerprint density at radius 2 is 1.79 bits per heavy atom. The molecule has 0 atom stereocenters. The molecule has 0 amide bonds. The van der Waals surface area contributed by atoms with Gasteiger partial charge in [-0.1, -0.05) is 50.9 Å². The summed E-state index contributed by atoms with van der Waals surface area (Å²) in [6.45, 7) is 7.98. The van der Waals surface area contributed by atoms with Crippen LogP contribution in [0, 0.1) is 27.3 Å². The van der Waals surface area contributed by atoms with Crippen LogP contribution in [0.3, 0.4) is 0 Å². The predicted molar refractivity (Wildman–Crippen MR) is 97.9 cm³/mol. The standard InChI is InChI=1S/C16H12N4OS.C2H6/c1-2-7-21-11-5-3-10(4-6-11)14-12(8-17)15(19)20-16(22)13(14)9-18;1-2/h2-6H,1,7H2,(H3,19,20,22);1-2H3. The monoisotopic (exact) mass is 338 g/mol. The van der Waals surface area contributed by atoms with Crippen molar-refractivity contribution >= 4 is 18.0 Å². The number of nitrogens with two attached hydrogens (primary N) is 1. The summed E-state index contributed by atoms with van der Waals surface area (Å²) in [6, 6.07) is 11.0. The van der Waals surface area contributed by atoms with Gasteiger partial charge in [0.05, 0.1) is 5.56 Å². The molecule has 2 rings (SSSR count). The summed E-state index contributed by atoms with van der Waals surface area (Å²) < 4.78 is 5.62. The quantitative estimate of drug-likeness (QED) is 0.638. The van der Waals surface area contributed by atoms with Gasteiger partial charge in [0.2, 0.25) is 0 Å². The van der Waals surface area contributed by atoms with E-state index in [1.165, 1.54) is 0 Å². The number of ether oxygens (including phenoxy) is 1. The highest BCUT2D eigenvalue weighted by atomic mass is 32.1. The average molecular weight is 338 g/mol. The molecule has 5 nitrogen and oxygen atoms in total. The van der Waals surface area contributed by atoms with Crippen molar-refractivity contribution in [2.75, 3.05) is 12.3 Å². The molecule has 1 heterocycles. The highest BCUT2D eigenvalue weighted by Gasteiger charge is 2.16. The van der Waals surface area contributed by atoms with E-state index in [1.54, 1.807) is 30.3 Å². The minimum absolute atomic E-state index is 0.147. The fraction of sp³-hybridized carbons (Fsp3) is 0.167. The molecule has 122 valence electrons.